The van der Waals surface area contributed by atoms with Crippen molar-refractivity contribution >= 4 is 17.5 Å². The molecule has 0 N–H and O–H groups in total. The summed E-state index contributed by atoms with van der Waals surface area (Å²) < 4.78 is 30.2. The third-order valence-electron chi connectivity index (χ3n) is 3.81. The minimum absolute atomic E-state index is 0.325. The van der Waals surface area contributed by atoms with Crippen LogP contribution in [0.5, 0.6) is 0 Å². The Bertz CT molecular complexity index is 555. The van der Waals surface area contributed by atoms with Gasteiger partial charge in [-0.1, -0.05) is 0 Å². The second-order valence-corrected chi connectivity index (χ2v) is 5.53. The summed E-state index contributed by atoms with van der Waals surface area (Å²) in [4.78, 5) is 15.2. The summed E-state index contributed by atoms with van der Waals surface area (Å²) in [5.41, 5.74) is 0.954. The highest BCUT2D eigenvalue weighted by Gasteiger charge is 2.32. The molecule has 6 nitrogen and oxygen atoms in total. The molecule has 1 fully saturated rings. The topological polar surface area (TPSA) is 51.2 Å². The number of nitrogens with zero attached hydrogens (tertiary/aromatic N) is 2. The second kappa shape index (κ2) is 8.84. The van der Waals surface area contributed by atoms with Gasteiger partial charge in [0.2, 0.25) is 0 Å². The van der Waals surface area contributed by atoms with Gasteiger partial charge in [-0.25, -0.2) is 9.18 Å². The van der Waals surface area contributed by atoms with Crippen molar-refractivity contribution in [2.24, 2.45) is 0 Å². The van der Waals surface area contributed by atoms with Crippen molar-refractivity contribution < 1.29 is 23.4 Å². The quantitative estimate of drug-likeness (QED) is 0.647. The molecule has 0 bridgehead atoms. The van der Waals surface area contributed by atoms with E-state index in [0.717, 1.165) is 0 Å². The molecule has 0 saturated carbocycles. The minimum Gasteiger partial charge on any atom is -0.441 e. The van der Waals surface area contributed by atoms with Crippen molar-refractivity contribution in [3.05, 3.63) is 24.0 Å². The fourth-order valence-electron chi connectivity index (χ4n) is 2.51. The molecule has 0 spiro atoms. The van der Waals surface area contributed by atoms with Gasteiger partial charge in [0, 0.05) is 26.8 Å². The SMILES string of the molecule is CCOCCN(C)c1ccc(N2CC(COCC)OC2=O)cc1F. The van der Waals surface area contributed by atoms with E-state index in [-0.39, 0.29) is 11.9 Å². The van der Waals surface area contributed by atoms with Crippen LogP contribution in [0.4, 0.5) is 20.6 Å². The van der Waals surface area contributed by atoms with Crippen LogP contribution in [0.1, 0.15) is 13.8 Å². The molecular weight excluding hydrogens is 315 g/mol. The number of rotatable bonds is 9. The summed E-state index contributed by atoms with van der Waals surface area (Å²) in [7, 11) is 1.80. The van der Waals surface area contributed by atoms with Crippen LogP contribution in [0.25, 0.3) is 0 Å². The molecule has 0 radical (unpaired) electrons. The zero-order chi connectivity index (χ0) is 17.5. The maximum atomic E-state index is 14.4. The molecule has 2 rings (SSSR count). The summed E-state index contributed by atoms with van der Waals surface area (Å²) in [6.45, 7) is 6.82. The first kappa shape index (κ1) is 18.5. The highest BCUT2D eigenvalue weighted by Crippen LogP contribution is 2.27. The Morgan fingerprint density at radius 1 is 1.33 bits per heavy atom. The molecule has 1 amide bonds. The fraction of sp³-hybridized carbons (Fsp3) is 0.588. The van der Waals surface area contributed by atoms with E-state index in [0.29, 0.717) is 50.9 Å². The van der Waals surface area contributed by atoms with Gasteiger partial charge < -0.3 is 19.1 Å². The van der Waals surface area contributed by atoms with E-state index >= 15 is 0 Å². The van der Waals surface area contributed by atoms with E-state index in [1.807, 2.05) is 13.8 Å². The average Bonchev–Trinajstić information content (AvgIpc) is 2.93. The smallest absolute Gasteiger partial charge is 0.414 e. The monoisotopic (exact) mass is 340 g/mol. The molecule has 0 aliphatic carbocycles. The van der Waals surface area contributed by atoms with Gasteiger partial charge >= 0.3 is 6.09 Å². The molecule has 1 unspecified atom stereocenters. The number of anilines is 2. The Hall–Kier alpha value is -1.86. The first-order valence-corrected chi connectivity index (χ1v) is 8.21. The van der Waals surface area contributed by atoms with E-state index in [1.165, 1.54) is 11.0 Å². The normalized spacial score (nSPS) is 17.2. The van der Waals surface area contributed by atoms with Crippen LogP contribution >= 0.6 is 0 Å². The molecule has 1 aliphatic heterocycles. The molecular formula is C17H25FN2O4. The predicted octanol–water partition coefficient (Wildman–Crippen LogP) is 2.66. The van der Waals surface area contributed by atoms with Crippen LogP contribution in [-0.4, -0.2) is 58.8 Å². The van der Waals surface area contributed by atoms with Crippen molar-refractivity contribution in [3.8, 4) is 0 Å². The fourth-order valence-corrected chi connectivity index (χ4v) is 2.51. The lowest BCUT2D eigenvalue weighted by atomic mass is 10.2. The van der Waals surface area contributed by atoms with E-state index in [1.54, 1.807) is 24.1 Å². The molecule has 134 valence electrons. The van der Waals surface area contributed by atoms with Crippen molar-refractivity contribution in [1.82, 2.24) is 0 Å². The number of hydrogen-bond acceptors (Lipinski definition) is 5. The van der Waals surface area contributed by atoms with Gasteiger partial charge in [0.05, 0.1) is 31.1 Å². The summed E-state index contributed by atoms with van der Waals surface area (Å²) in [5, 5.41) is 0. The van der Waals surface area contributed by atoms with Gasteiger partial charge in [-0.05, 0) is 32.0 Å². The number of hydrogen-bond donors (Lipinski definition) is 0. The predicted molar refractivity (Wildman–Crippen MR) is 90.3 cm³/mol. The van der Waals surface area contributed by atoms with Crippen LogP contribution in [-0.2, 0) is 14.2 Å². The lowest BCUT2D eigenvalue weighted by Gasteiger charge is -2.21. The van der Waals surface area contributed by atoms with E-state index in [9.17, 15) is 9.18 Å². The molecule has 1 aromatic rings. The summed E-state index contributed by atoms with van der Waals surface area (Å²) in [5.74, 6) is -0.382. The Balaban J connectivity index is 2.02. The van der Waals surface area contributed by atoms with Gasteiger partial charge in [0.15, 0.2) is 0 Å². The van der Waals surface area contributed by atoms with Gasteiger partial charge in [0.25, 0.3) is 0 Å². The van der Waals surface area contributed by atoms with Gasteiger partial charge in [-0.3, -0.25) is 4.90 Å². The van der Waals surface area contributed by atoms with Gasteiger partial charge in [-0.15, -0.1) is 0 Å². The van der Waals surface area contributed by atoms with Crippen molar-refractivity contribution in [3.63, 3.8) is 0 Å². The van der Waals surface area contributed by atoms with Crippen LogP contribution in [0.3, 0.4) is 0 Å². The van der Waals surface area contributed by atoms with Crippen LogP contribution in [0.2, 0.25) is 0 Å². The molecule has 24 heavy (non-hydrogen) atoms. The standard InChI is InChI=1S/C17H25FN2O4/c1-4-22-9-8-19(3)16-7-6-13(10-15(16)18)20-11-14(12-23-5-2)24-17(20)21/h6-7,10,14H,4-5,8-9,11-12H2,1-3H3. The third kappa shape index (κ3) is 4.58. The Morgan fingerprint density at radius 2 is 2.08 bits per heavy atom. The molecule has 1 atom stereocenters. The first-order valence-electron chi connectivity index (χ1n) is 8.21. The third-order valence-corrected chi connectivity index (χ3v) is 3.81. The zero-order valence-electron chi connectivity index (χ0n) is 14.5. The van der Waals surface area contributed by atoms with Gasteiger partial charge in [0.1, 0.15) is 11.9 Å². The van der Waals surface area contributed by atoms with E-state index in [4.69, 9.17) is 14.2 Å². The number of halogens is 1. The summed E-state index contributed by atoms with van der Waals surface area (Å²) >= 11 is 0. The maximum absolute atomic E-state index is 14.4. The molecule has 1 heterocycles. The lowest BCUT2D eigenvalue weighted by molar-refractivity contribution is 0.0516. The number of carbonyl (C=O) groups excluding carboxylic acids is 1. The van der Waals surface area contributed by atoms with Crippen LogP contribution in [0, 0.1) is 5.82 Å². The highest BCUT2D eigenvalue weighted by molar-refractivity contribution is 5.90. The Labute approximate surface area is 142 Å². The van der Waals surface area contributed by atoms with E-state index < -0.39 is 6.09 Å². The maximum Gasteiger partial charge on any atom is 0.414 e. The number of benzene rings is 1. The van der Waals surface area contributed by atoms with Crippen LogP contribution in [0.15, 0.2) is 18.2 Å². The van der Waals surface area contributed by atoms with Crippen LogP contribution < -0.4 is 9.80 Å². The van der Waals surface area contributed by atoms with Crippen molar-refractivity contribution in [2.45, 2.75) is 20.0 Å². The molecule has 1 aromatic carbocycles. The Kier molecular flexibility index (Phi) is 6.81. The highest BCUT2D eigenvalue weighted by atomic mass is 19.1. The van der Waals surface area contributed by atoms with Gasteiger partial charge in [-0.2, -0.15) is 0 Å². The summed E-state index contributed by atoms with van der Waals surface area (Å²) in [6.07, 6.45) is -0.800. The average molecular weight is 340 g/mol. The largest absolute Gasteiger partial charge is 0.441 e. The number of cyclic esters (lactones) is 1. The zero-order valence-corrected chi connectivity index (χ0v) is 14.5. The minimum atomic E-state index is -0.475. The Morgan fingerprint density at radius 3 is 2.75 bits per heavy atom. The molecule has 1 aliphatic rings. The number of ether oxygens (including phenoxy) is 3. The summed E-state index contributed by atoms with van der Waals surface area (Å²) in [6, 6.07) is 4.75. The molecule has 7 heteroatoms. The number of likely N-dealkylation sites (N-methyl/N-ethyl adjacent to an activating group) is 1. The molecule has 1 saturated heterocycles. The second-order valence-electron chi connectivity index (χ2n) is 5.53. The molecule has 0 aromatic heterocycles. The first-order chi connectivity index (χ1) is 11.6. The van der Waals surface area contributed by atoms with E-state index in [2.05, 4.69) is 0 Å². The number of amides is 1. The number of carbonyl (C=O) groups is 1. The van der Waals surface area contributed by atoms with Crippen molar-refractivity contribution in [2.75, 3.05) is 56.4 Å². The van der Waals surface area contributed by atoms with Crippen molar-refractivity contribution in [1.29, 1.82) is 0 Å². The lowest BCUT2D eigenvalue weighted by Crippen LogP contribution is -2.27.